The average molecular weight is 325 g/mol. The molecule has 0 bridgehead atoms. The van der Waals surface area contributed by atoms with Crippen LogP contribution in [0.2, 0.25) is 0 Å². The molecule has 124 valence electrons. The largest absolute Gasteiger partial charge is 0.326 e. The minimum Gasteiger partial charge on any atom is -0.326 e. The van der Waals surface area contributed by atoms with Crippen molar-refractivity contribution in [1.82, 2.24) is 0 Å². The molecule has 0 spiro atoms. The van der Waals surface area contributed by atoms with E-state index in [1.807, 2.05) is 32.0 Å². The molecule has 0 aromatic heterocycles. The monoisotopic (exact) mass is 325 g/mol. The second-order valence-electron chi connectivity index (χ2n) is 5.43. The van der Waals surface area contributed by atoms with Gasteiger partial charge in [0, 0.05) is 24.0 Å². The van der Waals surface area contributed by atoms with Crippen molar-refractivity contribution < 1.29 is 14.4 Å². The molecule has 6 heteroatoms. The van der Waals surface area contributed by atoms with Crippen LogP contribution in [0.4, 0.5) is 17.1 Å². The molecular weight excluding hydrogens is 306 g/mol. The van der Waals surface area contributed by atoms with E-state index in [4.69, 9.17) is 0 Å². The Balaban J connectivity index is 2.01. The zero-order valence-electron chi connectivity index (χ0n) is 13.8. The van der Waals surface area contributed by atoms with Crippen molar-refractivity contribution >= 4 is 34.8 Å². The molecule has 3 N–H and O–H groups in total. The van der Waals surface area contributed by atoms with Gasteiger partial charge in [-0.05, 0) is 49.2 Å². The van der Waals surface area contributed by atoms with Gasteiger partial charge in [0.2, 0.25) is 5.91 Å². The molecular formula is C18H19N3O3. The third kappa shape index (κ3) is 4.42. The Morgan fingerprint density at radius 1 is 0.708 bits per heavy atom. The van der Waals surface area contributed by atoms with E-state index in [0.29, 0.717) is 17.1 Å². The lowest BCUT2D eigenvalue weighted by Crippen LogP contribution is -2.29. The Kier molecular flexibility index (Phi) is 5.31. The molecule has 0 atom stereocenters. The summed E-state index contributed by atoms with van der Waals surface area (Å²) < 4.78 is 0. The van der Waals surface area contributed by atoms with Crippen molar-refractivity contribution in [3.05, 3.63) is 53.6 Å². The first-order chi connectivity index (χ1) is 11.4. The maximum Gasteiger partial charge on any atom is 0.314 e. The zero-order chi connectivity index (χ0) is 17.7. The second kappa shape index (κ2) is 7.41. The number of hydrogen-bond donors (Lipinski definition) is 3. The number of carbonyl (C=O) groups excluding carboxylic acids is 3. The highest BCUT2D eigenvalue weighted by molar-refractivity contribution is 6.43. The SMILES string of the molecule is CC(=O)Nc1ccc(NC(=O)C(=O)Nc2c(C)cccc2C)cc1. The van der Waals surface area contributed by atoms with Gasteiger partial charge >= 0.3 is 11.8 Å². The summed E-state index contributed by atoms with van der Waals surface area (Å²) in [6, 6.07) is 12.1. The minimum atomic E-state index is -0.759. The molecule has 0 aliphatic heterocycles. The van der Waals surface area contributed by atoms with E-state index in [0.717, 1.165) is 11.1 Å². The molecule has 0 aliphatic rings. The molecule has 24 heavy (non-hydrogen) atoms. The van der Waals surface area contributed by atoms with E-state index >= 15 is 0 Å². The van der Waals surface area contributed by atoms with Gasteiger partial charge in [0.05, 0.1) is 0 Å². The van der Waals surface area contributed by atoms with Crippen LogP contribution in [0.3, 0.4) is 0 Å². The molecule has 2 rings (SSSR count). The fourth-order valence-corrected chi connectivity index (χ4v) is 2.21. The maximum absolute atomic E-state index is 12.1. The van der Waals surface area contributed by atoms with Crippen LogP contribution in [-0.2, 0) is 14.4 Å². The third-order valence-electron chi connectivity index (χ3n) is 3.39. The van der Waals surface area contributed by atoms with Crippen LogP contribution < -0.4 is 16.0 Å². The fraction of sp³-hybridized carbons (Fsp3) is 0.167. The number of para-hydroxylation sites is 1. The predicted octanol–water partition coefficient (Wildman–Crippen LogP) is 2.84. The molecule has 0 fully saturated rings. The average Bonchev–Trinajstić information content (AvgIpc) is 2.52. The fourth-order valence-electron chi connectivity index (χ4n) is 2.21. The first-order valence-corrected chi connectivity index (χ1v) is 7.43. The van der Waals surface area contributed by atoms with Gasteiger partial charge in [0.15, 0.2) is 0 Å². The summed E-state index contributed by atoms with van der Waals surface area (Å²) in [5, 5.41) is 7.77. The molecule has 0 saturated carbocycles. The summed E-state index contributed by atoms with van der Waals surface area (Å²) in [5.41, 5.74) is 3.48. The van der Waals surface area contributed by atoms with Gasteiger partial charge in [0.1, 0.15) is 0 Å². The summed E-state index contributed by atoms with van der Waals surface area (Å²) in [7, 11) is 0. The lowest BCUT2D eigenvalue weighted by Gasteiger charge is -2.11. The van der Waals surface area contributed by atoms with Crippen LogP contribution in [0.5, 0.6) is 0 Å². The standard InChI is InChI=1S/C18H19N3O3/c1-11-5-4-6-12(2)16(11)21-18(24)17(23)20-15-9-7-14(8-10-15)19-13(3)22/h4-10H,1-3H3,(H,19,22)(H,20,23)(H,21,24). The van der Waals surface area contributed by atoms with Crippen molar-refractivity contribution in [2.45, 2.75) is 20.8 Å². The van der Waals surface area contributed by atoms with E-state index in [-0.39, 0.29) is 5.91 Å². The van der Waals surface area contributed by atoms with Gasteiger partial charge in [-0.1, -0.05) is 18.2 Å². The number of hydrogen-bond acceptors (Lipinski definition) is 3. The van der Waals surface area contributed by atoms with E-state index in [2.05, 4.69) is 16.0 Å². The van der Waals surface area contributed by atoms with Gasteiger partial charge in [-0.3, -0.25) is 14.4 Å². The first kappa shape index (κ1) is 17.2. The summed E-state index contributed by atoms with van der Waals surface area (Å²) in [6.45, 7) is 5.14. The number of aryl methyl sites for hydroxylation is 2. The lowest BCUT2D eigenvalue weighted by molar-refractivity contribution is -0.133. The number of carbonyl (C=O) groups is 3. The van der Waals surface area contributed by atoms with Crippen LogP contribution >= 0.6 is 0 Å². The van der Waals surface area contributed by atoms with Gasteiger partial charge < -0.3 is 16.0 Å². The second-order valence-corrected chi connectivity index (χ2v) is 5.43. The number of rotatable bonds is 3. The highest BCUT2D eigenvalue weighted by Gasteiger charge is 2.16. The Bertz CT molecular complexity index is 762. The summed E-state index contributed by atoms with van der Waals surface area (Å²) in [5.74, 6) is -1.68. The van der Waals surface area contributed by atoms with E-state index in [1.54, 1.807) is 24.3 Å². The number of benzene rings is 2. The third-order valence-corrected chi connectivity index (χ3v) is 3.39. The Morgan fingerprint density at radius 3 is 1.67 bits per heavy atom. The van der Waals surface area contributed by atoms with Gasteiger partial charge in [-0.2, -0.15) is 0 Å². The highest BCUT2D eigenvalue weighted by atomic mass is 16.2. The minimum absolute atomic E-state index is 0.181. The summed E-state index contributed by atoms with van der Waals surface area (Å²) >= 11 is 0. The number of nitrogens with one attached hydrogen (secondary N) is 3. The maximum atomic E-state index is 12.1. The molecule has 0 radical (unpaired) electrons. The van der Waals surface area contributed by atoms with Crippen LogP contribution in [0.15, 0.2) is 42.5 Å². The van der Waals surface area contributed by atoms with Crippen LogP contribution in [0, 0.1) is 13.8 Å². The molecule has 0 saturated heterocycles. The predicted molar refractivity (Wildman–Crippen MR) is 93.9 cm³/mol. The molecule has 2 aromatic rings. The van der Waals surface area contributed by atoms with E-state index in [1.165, 1.54) is 6.92 Å². The Hall–Kier alpha value is -3.15. The molecule has 6 nitrogen and oxygen atoms in total. The van der Waals surface area contributed by atoms with Crippen molar-refractivity contribution in [3.8, 4) is 0 Å². The van der Waals surface area contributed by atoms with Crippen molar-refractivity contribution in [2.75, 3.05) is 16.0 Å². The highest BCUT2D eigenvalue weighted by Crippen LogP contribution is 2.19. The molecule has 0 aliphatic carbocycles. The zero-order valence-corrected chi connectivity index (χ0v) is 13.8. The smallest absolute Gasteiger partial charge is 0.314 e. The number of anilines is 3. The normalized spacial score (nSPS) is 9.96. The first-order valence-electron chi connectivity index (χ1n) is 7.43. The van der Waals surface area contributed by atoms with Crippen LogP contribution in [-0.4, -0.2) is 17.7 Å². The van der Waals surface area contributed by atoms with Gasteiger partial charge in [0.25, 0.3) is 0 Å². The molecule has 0 unspecified atom stereocenters. The lowest BCUT2D eigenvalue weighted by atomic mass is 10.1. The van der Waals surface area contributed by atoms with Crippen LogP contribution in [0.25, 0.3) is 0 Å². The molecule has 2 aromatic carbocycles. The van der Waals surface area contributed by atoms with Gasteiger partial charge in [-0.25, -0.2) is 0 Å². The molecule has 0 heterocycles. The Labute approximate surface area is 140 Å². The van der Waals surface area contributed by atoms with Crippen molar-refractivity contribution in [1.29, 1.82) is 0 Å². The van der Waals surface area contributed by atoms with Gasteiger partial charge in [-0.15, -0.1) is 0 Å². The van der Waals surface area contributed by atoms with Crippen LogP contribution in [0.1, 0.15) is 18.1 Å². The summed E-state index contributed by atoms with van der Waals surface area (Å²) in [4.78, 5) is 35.0. The van der Waals surface area contributed by atoms with E-state index in [9.17, 15) is 14.4 Å². The quantitative estimate of drug-likeness (QED) is 0.758. The van der Waals surface area contributed by atoms with E-state index < -0.39 is 11.8 Å². The topological polar surface area (TPSA) is 87.3 Å². The molecule has 3 amide bonds. The van der Waals surface area contributed by atoms with Crippen molar-refractivity contribution in [3.63, 3.8) is 0 Å². The Morgan fingerprint density at radius 2 is 1.17 bits per heavy atom. The number of amides is 3. The summed E-state index contributed by atoms with van der Waals surface area (Å²) in [6.07, 6.45) is 0. The van der Waals surface area contributed by atoms with Crippen molar-refractivity contribution in [2.24, 2.45) is 0 Å².